The van der Waals surface area contributed by atoms with Gasteiger partial charge in [-0.1, -0.05) is 32.9 Å². The van der Waals surface area contributed by atoms with Gasteiger partial charge >= 0.3 is 0 Å². The molecule has 0 aliphatic rings. The van der Waals surface area contributed by atoms with Gasteiger partial charge < -0.3 is 15.8 Å². The average molecular weight is 264 g/mol. The van der Waals surface area contributed by atoms with Crippen molar-refractivity contribution < 1.29 is 9.53 Å². The molecule has 1 atom stereocenters. The standard InChI is InChI=1S/C15H24N2O2/c1-4-14(16)12-5-7-13(8-6-12)19-10-15(18)17-9-11(2)3/h5-8,11,14H,4,9-10,16H2,1-3H3,(H,17,18)/t14-/m1/s1. The number of nitrogens with two attached hydrogens (primary N) is 1. The quantitative estimate of drug-likeness (QED) is 0.794. The van der Waals surface area contributed by atoms with E-state index in [1.165, 1.54) is 0 Å². The molecule has 0 spiro atoms. The molecule has 0 saturated carbocycles. The van der Waals surface area contributed by atoms with Gasteiger partial charge in [-0.3, -0.25) is 4.79 Å². The van der Waals surface area contributed by atoms with Crippen LogP contribution in [0.15, 0.2) is 24.3 Å². The first-order chi connectivity index (χ1) is 9.02. The minimum absolute atomic E-state index is 0.0475. The van der Waals surface area contributed by atoms with E-state index >= 15 is 0 Å². The van der Waals surface area contributed by atoms with E-state index in [0.717, 1.165) is 12.0 Å². The van der Waals surface area contributed by atoms with Crippen LogP contribution >= 0.6 is 0 Å². The molecule has 4 nitrogen and oxygen atoms in total. The molecule has 1 rings (SSSR count). The van der Waals surface area contributed by atoms with Crippen molar-refractivity contribution in [3.05, 3.63) is 29.8 Å². The topological polar surface area (TPSA) is 64.3 Å². The largest absolute Gasteiger partial charge is 0.484 e. The number of amides is 1. The van der Waals surface area contributed by atoms with Gasteiger partial charge in [-0.05, 0) is 30.0 Å². The van der Waals surface area contributed by atoms with Crippen molar-refractivity contribution in [2.24, 2.45) is 11.7 Å². The van der Waals surface area contributed by atoms with Crippen molar-refractivity contribution in [1.82, 2.24) is 5.32 Å². The van der Waals surface area contributed by atoms with Crippen LogP contribution in [0.5, 0.6) is 5.75 Å². The number of carbonyl (C=O) groups is 1. The summed E-state index contributed by atoms with van der Waals surface area (Å²) in [7, 11) is 0. The van der Waals surface area contributed by atoms with Crippen LogP contribution in [-0.2, 0) is 4.79 Å². The zero-order valence-electron chi connectivity index (χ0n) is 12.0. The van der Waals surface area contributed by atoms with Gasteiger partial charge in [0.15, 0.2) is 6.61 Å². The SMILES string of the molecule is CC[C@@H](N)c1ccc(OCC(=O)NCC(C)C)cc1. The number of nitrogens with one attached hydrogen (secondary N) is 1. The molecule has 1 aromatic carbocycles. The van der Waals surface area contributed by atoms with Gasteiger partial charge in [0.25, 0.3) is 5.91 Å². The molecule has 0 heterocycles. The predicted octanol–water partition coefficient (Wildman–Crippen LogP) is 2.25. The second kappa shape index (κ2) is 7.79. The Morgan fingerprint density at radius 2 is 1.95 bits per heavy atom. The van der Waals surface area contributed by atoms with E-state index < -0.39 is 0 Å². The van der Waals surface area contributed by atoms with Crippen LogP contribution < -0.4 is 15.8 Å². The Balaban J connectivity index is 2.39. The fourth-order valence-electron chi connectivity index (χ4n) is 1.56. The minimum atomic E-state index is -0.0944. The second-order valence-electron chi connectivity index (χ2n) is 5.07. The Kier molecular flexibility index (Phi) is 6.36. The highest BCUT2D eigenvalue weighted by Gasteiger charge is 2.05. The van der Waals surface area contributed by atoms with E-state index in [1.807, 2.05) is 31.2 Å². The zero-order valence-corrected chi connectivity index (χ0v) is 12.0. The fourth-order valence-corrected chi connectivity index (χ4v) is 1.56. The van der Waals surface area contributed by atoms with Gasteiger partial charge in [-0.2, -0.15) is 0 Å². The van der Waals surface area contributed by atoms with E-state index in [4.69, 9.17) is 10.5 Å². The minimum Gasteiger partial charge on any atom is -0.484 e. The summed E-state index contributed by atoms with van der Waals surface area (Å²) in [4.78, 5) is 11.5. The molecule has 0 fully saturated rings. The number of rotatable bonds is 7. The van der Waals surface area contributed by atoms with Crippen LogP contribution in [0.1, 0.15) is 38.8 Å². The number of carbonyl (C=O) groups excluding carboxylic acids is 1. The Hall–Kier alpha value is -1.55. The Morgan fingerprint density at radius 1 is 1.32 bits per heavy atom. The Bertz CT molecular complexity index is 388. The van der Waals surface area contributed by atoms with Gasteiger partial charge in [-0.25, -0.2) is 0 Å². The van der Waals surface area contributed by atoms with Crippen molar-refractivity contribution in [3.63, 3.8) is 0 Å². The molecule has 0 aliphatic carbocycles. The van der Waals surface area contributed by atoms with E-state index in [0.29, 0.717) is 18.2 Å². The highest BCUT2D eigenvalue weighted by molar-refractivity contribution is 5.77. The smallest absolute Gasteiger partial charge is 0.257 e. The molecule has 19 heavy (non-hydrogen) atoms. The van der Waals surface area contributed by atoms with Crippen LogP contribution in [0.2, 0.25) is 0 Å². The van der Waals surface area contributed by atoms with Crippen molar-refractivity contribution in [1.29, 1.82) is 0 Å². The third kappa shape index (κ3) is 5.75. The van der Waals surface area contributed by atoms with Crippen molar-refractivity contribution in [2.45, 2.75) is 33.2 Å². The van der Waals surface area contributed by atoms with E-state index in [-0.39, 0.29) is 18.6 Å². The van der Waals surface area contributed by atoms with Crippen LogP contribution in [-0.4, -0.2) is 19.1 Å². The number of ether oxygens (including phenoxy) is 1. The summed E-state index contributed by atoms with van der Waals surface area (Å²) in [6, 6.07) is 7.63. The Labute approximate surface area is 115 Å². The third-order valence-electron chi connectivity index (χ3n) is 2.83. The highest BCUT2D eigenvalue weighted by atomic mass is 16.5. The van der Waals surface area contributed by atoms with Crippen LogP contribution in [0.3, 0.4) is 0 Å². The molecule has 0 radical (unpaired) electrons. The van der Waals surface area contributed by atoms with Crippen molar-refractivity contribution >= 4 is 5.91 Å². The van der Waals surface area contributed by atoms with Gasteiger partial charge in [0, 0.05) is 12.6 Å². The summed E-state index contributed by atoms with van der Waals surface area (Å²) < 4.78 is 5.42. The maximum atomic E-state index is 11.5. The lowest BCUT2D eigenvalue weighted by Gasteiger charge is -2.11. The number of benzene rings is 1. The molecular formula is C15H24N2O2. The summed E-state index contributed by atoms with van der Waals surface area (Å²) in [5.74, 6) is 1.04. The van der Waals surface area contributed by atoms with E-state index in [2.05, 4.69) is 19.2 Å². The second-order valence-corrected chi connectivity index (χ2v) is 5.07. The monoisotopic (exact) mass is 264 g/mol. The third-order valence-corrected chi connectivity index (χ3v) is 2.83. The molecule has 106 valence electrons. The normalized spacial score (nSPS) is 12.3. The maximum absolute atomic E-state index is 11.5. The lowest BCUT2D eigenvalue weighted by molar-refractivity contribution is -0.123. The average Bonchev–Trinajstić information content (AvgIpc) is 2.42. The molecule has 0 saturated heterocycles. The molecule has 1 aromatic rings. The Morgan fingerprint density at radius 3 is 2.47 bits per heavy atom. The van der Waals surface area contributed by atoms with Crippen LogP contribution in [0, 0.1) is 5.92 Å². The summed E-state index contributed by atoms with van der Waals surface area (Å²) in [6.45, 7) is 6.88. The molecule has 0 aromatic heterocycles. The summed E-state index contributed by atoms with van der Waals surface area (Å²) in [6.07, 6.45) is 0.901. The molecule has 4 heteroatoms. The van der Waals surface area contributed by atoms with Gasteiger partial charge in [-0.15, -0.1) is 0 Å². The van der Waals surface area contributed by atoms with Crippen LogP contribution in [0.25, 0.3) is 0 Å². The van der Waals surface area contributed by atoms with Gasteiger partial charge in [0.1, 0.15) is 5.75 Å². The predicted molar refractivity (Wildman–Crippen MR) is 77.0 cm³/mol. The lowest BCUT2D eigenvalue weighted by Crippen LogP contribution is -2.31. The highest BCUT2D eigenvalue weighted by Crippen LogP contribution is 2.18. The van der Waals surface area contributed by atoms with Crippen molar-refractivity contribution in [3.8, 4) is 5.75 Å². The molecule has 0 aliphatic heterocycles. The summed E-state index contributed by atoms with van der Waals surface area (Å²) in [5, 5.41) is 2.81. The fraction of sp³-hybridized carbons (Fsp3) is 0.533. The summed E-state index contributed by atoms with van der Waals surface area (Å²) >= 11 is 0. The number of hydrogen-bond donors (Lipinski definition) is 2. The molecule has 1 amide bonds. The van der Waals surface area contributed by atoms with Gasteiger partial charge in [0.2, 0.25) is 0 Å². The zero-order chi connectivity index (χ0) is 14.3. The maximum Gasteiger partial charge on any atom is 0.257 e. The van der Waals surface area contributed by atoms with Crippen LogP contribution in [0.4, 0.5) is 0 Å². The first kappa shape index (κ1) is 15.5. The first-order valence-corrected chi connectivity index (χ1v) is 6.78. The summed E-state index contributed by atoms with van der Waals surface area (Å²) in [5.41, 5.74) is 7.01. The molecule has 0 unspecified atom stereocenters. The van der Waals surface area contributed by atoms with E-state index in [1.54, 1.807) is 0 Å². The first-order valence-electron chi connectivity index (χ1n) is 6.78. The molecule has 3 N–H and O–H groups in total. The van der Waals surface area contributed by atoms with Crippen molar-refractivity contribution in [2.75, 3.05) is 13.2 Å². The molecule has 0 bridgehead atoms. The van der Waals surface area contributed by atoms with Gasteiger partial charge in [0.05, 0.1) is 0 Å². The van der Waals surface area contributed by atoms with E-state index in [9.17, 15) is 4.79 Å². The lowest BCUT2D eigenvalue weighted by atomic mass is 10.1. The molecular weight excluding hydrogens is 240 g/mol. The number of hydrogen-bond acceptors (Lipinski definition) is 3.